The van der Waals surface area contributed by atoms with Gasteiger partial charge in [-0.05, 0) is 39.8 Å². The van der Waals surface area contributed by atoms with Crippen molar-refractivity contribution in [3.8, 4) is 0 Å². The van der Waals surface area contributed by atoms with Crippen LogP contribution in [0.3, 0.4) is 0 Å². The molecule has 2 N–H and O–H groups in total. The van der Waals surface area contributed by atoms with E-state index in [-0.39, 0.29) is 5.56 Å². The lowest BCUT2D eigenvalue weighted by Crippen LogP contribution is -2.41. The zero-order valence-electron chi connectivity index (χ0n) is 19.2. The lowest BCUT2D eigenvalue weighted by molar-refractivity contribution is 0.102. The van der Waals surface area contributed by atoms with Gasteiger partial charge in [-0.25, -0.2) is 9.37 Å². The van der Waals surface area contributed by atoms with Crippen molar-refractivity contribution in [2.24, 2.45) is 7.05 Å². The van der Waals surface area contributed by atoms with Crippen LogP contribution in [0.1, 0.15) is 34.6 Å². The number of aryl methyl sites for hydroxylation is 3. The van der Waals surface area contributed by atoms with E-state index in [0.717, 1.165) is 48.4 Å². The first-order chi connectivity index (χ1) is 15.8. The molecule has 0 radical (unpaired) electrons. The van der Waals surface area contributed by atoms with Gasteiger partial charge in [0, 0.05) is 44.0 Å². The number of rotatable bonds is 4. The van der Waals surface area contributed by atoms with Crippen LogP contribution in [0.25, 0.3) is 16.6 Å². The molecule has 0 unspecified atom stereocenters. The standard InChI is InChI=1S/C23H27FN8O/c1-13-10-32-12-19(27-22(32)14(2)26-13)28-23(33)20-17(24)9-18(16-11-30(4)29-21(16)20)31-7-5-15(25-3)6-8-31/h9-12,15,25H,5-8H2,1-4H3,(H,28,33). The molecule has 0 aliphatic carbocycles. The van der Waals surface area contributed by atoms with E-state index in [9.17, 15) is 4.79 Å². The molecule has 10 heteroatoms. The Bertz CT molecular complexity index is 1370. The molecule has 1 saturated heterocycles. The lowest BCUT2D eigenvalue weighted by Gasteiger charge is -2.34. The Kier molecular flexibility index (Phi) is 5.24. The van der Waals surface area contributed by atoms with E-state index in [1.165, 1.54) is 6.07 Å². The second-order valence-electron chi connectivity index (χ2n) is 8.65. The predicted octanol–water partition coefficient (Wildman–Crippen LogP) is 2.81. The molecular weight excluding hydrogens is 423 g/mol. The maximum Gasteiger partial charge on any atom is 0.262 e. The Balaban J connectivity index is 1.50. The summed E-state index contributed by atoms with van der Waals surface area (Å²) in [4.78, 5) is 24.2. The van der Waals surface area contributed by atoms with Gasteiger partial charge in [0.05, 0.1) is 23.3 Å². The third-order valence-electron chi connectivity index (χ3n) is 6.28. The van der Waals surface area contributed by atoms with Gasteiger partial charge in [-0.2, -0.15) is 5.10 Å². The van der Waals surface area contributed by atoms with E-state index in [1.54, 1.807) is 22.3 Å². The van der Waals surface area contributed by atoms with E-state index < -0.39 is 11.7 Å². The molecule has 1 aromatic carbocycles. The quantitative estimate of drug-likeness (QED) is 0.497. The number of hydrogen-bond acceptors (Lipinski definition) is 6. The van der Waals surface area contributed by atoms with Crippen molar-refractivity contribution in [1.82, 2.24) is 29.5 Å². The number of hydrogen-bond donors (Lipinski definition) is 2. The molecule has 1 aliphatic rings. The smallest absolute Gasteiger partial charge is 0.262 e. The van der Waals surface area contributed by atoms with Crippen LogP contribution >= 0.6 is 0 Å². The van der Waals surface area contributed by atoms with E-state index in [2.05, 4.69) is 30.6 Å². The minimum atomic E-state index is -0.595. The second kappa shape index (κ2) is 8.11. The van der Waals surface area contributed by atoms with Crippen LogP contribution in [0.5, 0.6) is 0 Å². The maximum absolute atomic E-state index is 15.4. The number of nitrogens with zero attached hydrogens (tertiary/aromatic N) is 6. The Morgan fingerprint density at radius 2 is 1.91 bits per heavy atom. The normalized spacial score (nSPS) is 15.0. The van der Waals surface area contributed by atoms with Gasteiger partial charge in [0.1, 0.15) is 16.9 Å². The van der Waals surface area contributed by atoms with Gasteiger partial charge in [-0.15, -0.1) is 0 Å². The number of imidazole rings is 1. The summed E-state index contributed by atoms with van der Waals surface area (Å²) in [5, 5.41) is 11.2. The van der Waals surface area contributed by atoms with Crippen LogP contribution in [0.15, 0.2) is 24.7 Å². The maximum atomic E-state index is 15.4. The fraction of sp³-hybridized carbons (Fsp3) is 0.391. The number of nitrogens with one attached hydrogen (secondary N) is 2. The van der Waals surface area contributed by atoms with Gasteiger partial charge in [0.2, 0.25) is 0 Å². The third-order valence-corrected chi connectivity index (χ3v) is 6.28. The molecule has 1 amide bonds. The summed E-state index contributed by atoms with van der Waals surface area (Å²) in [7, 11) is 3.74. The van der Waals surface area contributed by atoms with E-state index >= 15 is 4.39 Å². The Labute approximate surface area is 190 Å². The van der Waals surface area contributed by atoms with Gasteiger partial charge in [-0.1, -0.05) is 0 Å². The van der Waals surface area contributed by atoms with Crippen LogP contribution in [-0.4, -0.2) is 56.2 Å². The van der Waals surface area contributed by atoms with E-state index in [4.69, 9.17) is 0 Å². The molecular formula is C23H27FN8O. The SMILES string of the molecule is CNC1CCN(c2cc(F)c(C(=O)Nc3cn4cc(C)nc(C)c4n3)c3nn(C)cc23)CC1. The minimum absolute atomic E-state index is 0.0810. The monoisotopic (exact) mass is 450 g/mol. The van der Waals surface area contributed by atoms with Crippen LogP contribution in [0.4, 0.5) is 15.9 Å². The van der Waals surface area contributed by atoms with Crippen LogP contribution < -0.4 is 15.5 Å². The van der Waals surface area contributed by atoms with E-state index in [0.29, 0.717) is 23.0 Å². The molecule has 1 aliphatic heterocycles. The van der Waals surface area contributed by atoms with Crippen LogP contribution in [0, 0.1) is 19.7 Å². The topological polar surface area (TPSA) is 92.4 Å². The molecule has 5 rings (SSSR count). The Morgan fingerprint density at radius 1 is 1.15 bits per heavy atom. The number of benzene rings is 1. The number of piperidine rings is 1. The molecule has 0 atom stereocenters. The van der Waals surface area contributed by atoms with Gasteiger partial charge in [-0.3, -0.25) is 14.5 Å². The average Bonchev–Trinajstić information content (AvgIpc) is 3.35. The Morgan fingerprint density at radius 3 is 2.64 bits per heavy atom. The molecule has 9 nitrogen and oxygen atoms in total. The van der Waals surface area contributed by atoms with Crippen molar-refractivity contribution in [2.75, 3.05) is 30.4 Å². The summed E-state index contributed by atoms with van der Waals surface area (Å²) in [6.45, 7) is 5.37. The Hall–Kier alpha value is -3.53. The predicted molar refractivity (Wildman–Crippen MR) is 125 cm³/mol. The molecule has 0 spiro atoms. The highest BCUT2D eigenvalue weighted by Crippen LogP contribution is 2.33. The summed E-state index contributed by atoms with van der Waals surface area (Å²) in [6, 6.07) is 1.92. The first-order valence-electron chi connectivity index (χ1n) is 11.1. The molecule has 3 aromatic heterocycles. The average molecular weight is 451 g/mol. The highest BCUT2D eigenvalue weighted by Gasteiger charge is 2.26. The summed E-state index contributed by atoms with van der Waals surface area (Å²) in [5.41, 5.74) is 3.26. The molecule has 0 saturated carbocycles. The lowest BCUT2D eigenvalue weighted by atomic mass is 10.0. The minimum Gasteiger partial charge on any atom is -0.371 e. The molecule has 4 aromatic rings. The number of aromatic nitrogens is 5. The van der Waals surface area contributed by atoms with Gasteiger partial charge in [0.25, 0.3) is 5.91 Å². The number of anilines is 2. The van der Waals surface area contributed by atoms with Crippen molar-refractivity contribution < 1.29 is 9.18 Å². The fourth-order valence-electron chi connectivity index (χ4n) is 4.67. The number of halogens is 1. The van der Waals surface area contributed by atoms with Crippen molar-refractivity contribution in [3.63, 3.8) is 0 Å². The molecule has 172 valence electrons. The zero-order chi connectivity index (χ0) is 23.3. The van der Waals surface area contributed by atoms with Gasteiger partial charge in [0.15, 0.2) is 11.5 Å². The van der Waals surface area contributed by atoms with Crippen LogP contribution in [0.2, 0.25) is 0 Å². The largest absolute Gasteiger partial charge is 0.371 e. The first kappa shape index (κ1) is 21.3. The second-order valence-corrected chi connectivity index (χ2v) is 8.65. The summed E-state index contributed by atoms with van der Waals surface area (Å²) < 4.78 is 18.8. The molecule has 1 fully saturated rings. The number of carbonyl (C=O) groups is 1. The van der Waals surface area contributed by atoms with Crippen molar-refractivity contribution in [1.29, 1.82) is 0 Å². The fourth-order valence-corrected chi connectivity index (χ4v) is 4.67. The zero-order valence-corrected chi connectivity index (χ0v) is 19.2. The van der Waals surface area contributed by atoms with Crippen LogP contribution in [-0.2, 0) is 7.05 Å². The van der Waals surface area contributed by atoms with Gasteiger partial charge < -0.3 is 19.9 Å². The highest BCUT2D eigenvalue weighted by atomic mass is 19.1. The molecule has 33 heavy (non-hydrogen) atoms. The third kappa shape index (κ3) is 3.80. The number of fused-ring (bicyclic) bond motifs is 2. The number of amides is 1. The van der Waals surface area contributed by atoms with Crippen molar-refractivity contribution in [3.05, 3.63) is 47.4 Å². The molecule has 0 bridgehead atoms. The summed E-state index contributed by atoms with van der Waals surface area (Å²) in [6.07, 6.45) is 7.32. The first-order valence-corrected chi connectivity index (χ1v) is 11.1. The van der Waals surface area contributed by atoms with Crippen molar-refractivity contribution >= 4 is 34.0 Å². The molecule has 4 heterocycles. The van der Waals surface area contributed by atoms with Gasteiger partial charge >= 0.3 is 0 Å². The number of carbonyl (C=O) groups excluding carboxylic acids is 1. The van der Waals surface area contributed by atoms with E-state index in [1.807, 2.05) is 33.3 Å². The van der Waals surface area contributed by atoms with Crippen molar-refractivity contribution in [2.45, 2.75) is 32.7 Å². The highest BCUT2D eigenvalue weighted by molar-refractivity contribution is 6.14. The summed E-state index contributed by atoms with van der Waals surface area (Å²) in [5.74, 6) is -0.846. The summed E-state index contributed by atoms with van der Waals surface area (Å²) >= 11 is 0.